The van der Waals surface area contributed by atoms with Gasteiger partial charge in [-0.3, -0.25) is 0 Å². The van der Waals surface area contributed by atoms with Gasteiger partial charge >= 0.3 is 0 Å². The Morgan fingerprint density at radius 1 is 1.20 bits per heavy atom. The van der Waals surface area contributed by atoms with Crippen LogP contribution in [0.15, 0.2) is 36.4 Å². The van der Waals surface area contributed by atoms with E-state index in [9.17, 15) is 4.39 Å². The maximum atomic E-state index is 13.3. The molecule has 2 aromatic rings. The summed E-state index contributed by atoms with van der Waals surface area (Å²) in [4.78, 5) is 0. The maximum absolute atomic E-state index is 13.3. The minimum absolute atomic E-state index is 0.259. The van der Waals surface area contributed by atoms with Gasteiger partial charge in [0.15, 0.2) is 0 Å². The van der Waals surface area contributed by atoms with Crippen LogP contribution in [0.5, 0.6) is 0 Å². The van der Waals surface area contributed by atoms with Crippen molar-refractivity contribution in [3.63, 3.8) is 0 Å². The van der Waals surface area contributed by atoms with Gasteiger partial charge in [-0.05, 0) is 47.7 Å². The van der Waals surface area contributed by atoms with Crippen LogP contribution in [0, 0.1) is 12.7 Å². The average molecular weight is 272 g/mol. The van der Waals surface area contributed by atoms with Crippen molar-refractivity contribution in [1.29, 1.82) is 0 Å². The molecule has 3 heteroatoms. The van der Waals surface area contributed by atoms with E-state index in [2.05, 4.69) is 44.3 Å². The minimum Gasteiger partial charge on any atom is -0.355 e. The third-order valence-corrected chi connectivity index (χ3v) is 3.47. The molecule has 0 saturated carbocycles. The highest BCUT2D eigenvalue weighted by Gasteiger charge is 2.11. The molecular weight excluding hydrogens is 251 g/mol. The number of hydrogen-bond donors (Lipinski definition) is 2. The van der Waals surface area contributed by atoms with Crippen LogP contribution in [0.3, 0.4) is 0 Å². The molecule has 0 amide bonds. The SMILES string of the molecule is Cc1cccc(C(C)C)c1Nc1ccc(F)cc1CN. The molecule has 2 nitrogen and oxygen atoms in total. The zero-order chi connectivity index (χ0) is 14.7. The second kappa shape index (κ2) is 6.06. The lowest BCUT2D eigenvalue weighted by Crippen LogP contribution is -2.05. The summed E-state index contributed by atoms with van der Waals surface area (Å²) in [5, 5.41) is 3.42. The first-order valence-corrected chi connectivity index (χ1v) is 6.88. The number of aryl methyl sites for hydroxylation is 1. The van der Waals surface area contributed by atoms with E-state index in [1.807, 2.05) is 0 Å². The minimum atomic E-state index is -0.259. The normalized spacial score (nSPS) is 10.9. The Morgan fingerprint density at radius 3 is 2.60 bits per heavy atom. The lowest BCUT2D eigenvalue weighted by atomic mass is 9.97. The summed E-state index contributed by atoms with van der Waals surface area (Å²) in [7, 11) is 0. The Kier molecular flexibility index (Phi) is 4.40. The van der Waals surface area contributed by atoms with Crippen molar-refractivity contribution in [3.8, 4) is 0 Å². The fraction of sp³-hybridized carbons (Fsp3) is 0.294. The van der Waals surface area contributed by atoms with Crippen LogP contribution in [0.2, 0.25) is 0 Å². The molecule has 0 spiro atoms. The van der Waals surface area contributed by atoms with E-state index in [-0.39, 0.29) is 5.82 Å². The lowest BCUT2D eigenvalue weighted by Gasteiger charge is -2.19. The van der Waals surface area contributed by atoms with Crippen molar-refractivity contribution >= 4 is 11.4 Å². The second-order valence-corrected chi connectivity index (χ2v) is 5.32. The highest BCUT2D eigenvalue weighted by Crippen LogP contribution is 2.31. The Balaban J connectivity index is 2.45. The maximum Gasteiger partial charge on any atom is 0.123 e. The number of halogens is 1. The predicted molar refractivity (Wildman–Crippen MR) is 82.8 cm³/mol. The largest absolute Gasteiger partial charge is 0.355 e. The monoisotopic (exact) mass is 272 g/mol. The van der Waals surface area contributed by atoms with Crippen molar-refractivity contribution in [2.75, 3.05) is 5.32 Å². The molecular formula is C17H21FN2. The molecule has 0 unspecified atom stereocenters. The molecule has 2 aromatic carbocycles. The van der Waals surface area contributed by atoms with Crippen molar-refractivity contribution in [2.45, 2.75) is 33.2 Å². The first-order valence-electron chi connectivity index (χ1n) is 6.88. The number of nitrogens with two attached hydrogens (primary N) is 1. The highest BCUT2D eigenvalue weighted by atomic mass is 19.1. The van der Waals surface area contributed by atoms with Gasteiger partial charge in [0.05, 0.1) is 0 Å². The Labute approximate surface area is 119 Å². The molecule has 106 valence electrons. The molecule has 0 atom stereocenters. The van der Waals surface area contributed by atoms with Gasteiger partial charge < -0.3 is 11.1 Å². The summed E-state index contributed by atoms with van der Waals surface area (Å²) >= 11 is 0. The molecule has 0 aromatic heterocycles. The molecule has 2 rings (SSSR count). The van der Waals surface area contributed by atoms with Crippen molar-refractivity contribution in [2.24, 2.45) is 5.73 Å². The fourth-order valence-corrected chi connectivity index (χ4v) is 2.33. The fourth-order valence-electron chi connectivity index (χ4n) is 2.33. The van der Waals surface area contributed by atoms with Crippen LogP contribution in [-0.2, 0) is 6.54 Å². The van der Waals surface area contributed by atoms with Crippen molar-refractivity contribution < 1.29 is 4.39 Å². The van der Waals surface area contributed by atoms with Crippen molar-refractivity contribution in [1.82, 2.24) is 0 Å². The van der Waals surface area contributed by atoms with Gasteiger partial charge in [-0.25, -0.2) is 4.39 Å². The number of para-hydroxylation sites is 1. The number of anilines is 2. The van der Waals surface area contributed by atoms with E-state index >= 15 is 0 Å². The van der Waals surface area contributed by atoms with Crippen LogP contribution >= 0.6 is 0 Å². The molecule has 0 radical (unpaired) electrons. The van der Waals surface area contributed by atoms with Gasteiger partial charge in [0.2, 0.25) is 0 Å². The molecule has 0 aliphatic rings. The lowest BCUT2D eigenvalue weighted by molar-refractivity contribution is 0.626. The molecule has 0 aliphatic carbocycles. The van der Waals surface area contributed by atoms with Crippen LogP contribution in [0.1, 0.15) is 36.5 Å². The molecule has 0 bridgehead atoms. The summed E-state index contributed by atoms with van der Waals surface area (Å²) in [6.07, 6.45) is 0. The summed E-state index contributed by atoms with van der Waals surface area (Å²) in [6.45, 7) is 6.70. The molecule has 0 saturated heterocycles. The van der Waals surface area contributed by atoms with Gasteiger partial charge in [0, 0.05) is 17.9 Å². The van der Waals surface area contributed by atoms with E-state index in [0.29, 0.717) is 12.5 Å². The quantitative estimate of drug-likeness (QED) is 0.862. The number of benzene rings is 2. The van der Waals surface area contributed by atoms with Gasteiger partial charge in [-0.1, -0.05) is 32.0 Å². The van der Waals surface area contributed by atoms with E-state index in [0.717, 1.165) is 16.9 Å². The van der Waals surface area contributed by atoms with E-state index in [1.54, 1.807) is 6.07 Å². The molecule has 3 N–H and O–H groups in total. The zero-order valence-corrected chi connectivity index (χ0v) is 12.2. The molecule has 0 aliphatic heterocycles. The average Bonchev–Trinajstić information content (AvgIpc) is 2.42. The van der Waals surface area contributed by atoms with Gasteiger partial charge in [0.25, 0.3) is 0 Å². The first-order chi connectivity index (χ1) is 9.52. The van der Waals surface area contributed by atoms with E-state index in [1.165, 1.54) is 23.3 Å². The summed E-state index contributed by atoms with van der Waals surface area (Å²) in [6, 6.07) is 10.9. The second-order valence-electron chi connectivity index (χ2n) is 5.32. The summed E-state index contributed by atoms with van der Waals surface area (Å²) < 4.78 is 13.3. The first kappa shape index (κ1) is 14.5. The van der Waals surface area contributed by atoms with Gasteiger partial charge in [0.1, 0.15) is 5.82 Å². The highest BCUT2D eigenvalue weighted by molar-refractivity contribution is 5.69. The third kappa shape index (κ3) is 2.99. The smallest absolute Gasteiger partial charge is 0.123 e. The molecule has 0 fully saturated rings. The third-order valence-electron chi connectivity index (χ3n) is 3.47. The molecule has 20 heavy (non-hydrogen) atoms. The Hall–Kier alpha value is -1.87. The number of nitrogens with one attached hydrogen (secondary N) is 1. The topological polar surface area (TPSA) is 38.0 Å². The Morgan fingerprint density at radius 2 is 1.95 bits per heavy atom. The van der Waals surface area contributed by atoms with Gasteiger partial charge in [-0.15, -0.1) is 0 Å². The summed E-state index contributed by atoms with van der Waals surface area (Å²) in [5.41, 5.74) is 10.9. The Bertz CT molecular complexity index is 606. The van der Waals surface area contributed by atoms with Crippen LogP contribution in [0.4, 0.5) is 15.8 Å². The van der Waals surface area contributed by atoms with Crippen LogP contribution in [0.25, 0.3) is 0 Å². The van der Waals surface area contributed by atoms with E-state index in [4.69, 9.17) is 5.73 Å². The summed E-state index contributed by atoms with van der Waals surface area (Å²) in [5.74, 6) is 0.157. The van der Waals surface area contributed by atoms with E-state index < -0.39 is 0 Å². The van der Waals surface area contributed by atoms with Crippen molar-refractivity contribution in [3.05, 3.63) is 58.9 Å². The zero-order valence-electron chi connectivity index (χ0n) is 12.2. The van der Waals surface area contributed by atoms with Crippen LogP contribution in [-0.4, -0.2) is 0 Å². The molecule has 0 heterocycles. The van der Waals surface area contributed by atoms with Gasteiger partial charge in [-0.2, -0.15) is 0 Å². The standard InChI is InChI=1S/C17H21FN2/c1-11(2)15-6-4-5-12(3)17(15)20-16-8-7-14(18)9-13(16)10-19/h4-9,11,20H,10,19H2,1-3H3. The van der Waals surface area contributed by atoms with Crippen LogP contribution < -0.4 is 11.1 Å². The number of rotatable bonds is 4. The predicted octanol–water partition coefficient (Wildman–Crippen LogP) is 4.46. The number of hydrogen-bond acceptors (Lipinski definition) is 2.